The molecule has 2 rings (SSSR count). The Morgan fingerprint density at radius 3 is 2.36 bits per heavy atom. The van der Waals surface area contributed by atoms with Gasteiger partial charge in [-0.3, -0.25) is 0 Å². The van der Waals surface area contributed by atoms with Crippen LogP contribution in [0.15, 0.2) is 43.5 Å². The number of rotatable bonds is 6. The minimum absolute atomic E-state index is 0.202. The first kappa shape index (κ1) is 15.8. The summed E-state index contributed by atoms with van der Waals surface area (Å²) in [7, 11) is 1.33. The lowest BCUT2D eigenvalue weighted by Crippen LogP contribution is -2.14. The van der Waals surface area contributed by atoms with Gasteiger partial charge in [-0.15, -0.1) is 0 Å². The fourth-order valence-electron chi connectivity index (χ4n) is 2.57. The number of hydrogen-bond acceptors (Lipinski definition) is 3. The molecule has 1 aromatic heterocycles. The molecule has 1 N–H and O–H groups in total. The predicted octanol–water partition coefficient (Wildman–Crippen LogP) is 3.10. The molecule has 0 spiro atoms. The maximum absolute atomic E-state index is 12.2. The van der Waals surface area contributed by atoms with Gasteiger partial charge in [0.05, 0.1) is 19.4 Å². The zero-order valence-electron chi connectivity index (χ0n) is 12.6. The number of aliphatic hydroxyl groups is 1. The van der Waals surface area contributed by atoms with Gasteiger partial charge in [-0.2, -0.15) is 0 Å². The normalized spacial score (nSPS) is 10.3. The van der Waals surface area contributed by atoms with Crippen molar-refractivity contribution in [2.45, 2.75) is 13.2 Å². The Labute approximate surface area is 130 Å². The number of esters is 1. The van der Waals surface area contributed by atoms with E-state index in [0.29, 0.717) is 29.1 Å². The Morgan fingerprint density at radius 2 is 1.86 bits per heavy atom. The van der Waals surface area contributed by atoms with Crippen LogP contribution in [-0.4, -0.2) is 22.8 Å². The van der Waals surface area contributed by atoms with Crippen LogP contribution < -0.4 is 0 Å². The second-order valence-electron chi connectivity index (χ2n) is 4.75. The largest absolute Gasteiger partial charge is 0.464 e. The Balaban J connectivity index is 2.68. The first-order valence-corrected chi connectivity index (χ1v) is 6.91. The van der Waals surface area contributed by atoms with Crippen molar-refractivity contribution in [3.63, 3.8) is 0 Å². The van der Waals surface area contributed by atoms with Crippen molar-refractivity contribution in [2.24, 2.45) is 0 Å². The van der Waals surface area contributed by atoms with Crippen molar-refractivity contribution in [2.75, 3.05) is 7.11 Å². The van der Waals surface area contributed by atoms with Crippen molar-refractivity contribution >= 4 is 18.1 Å². The van der Waals surface area contributed by atoms with Gasteiger partial charge in [0.25, 0.3) is 0 Å². The van der Waals surface area contributed by atoms with Crippen molar-refractivity contribution in [3.8, 4) is 0 Å². The number of carbonyl (C=O) groups is 1. The number of carbonyl (C=O) groups excluding carboxylic acids is 1. The molecule has 1 heterocycles. The van der Waals surface area contributed by atoms with E-state index in [-0.39, 0.29) is 6.61 Å². The first-order chi connectivity index (χ1) is 10.7. The third-order valence-corrected chi connectivity index (χ3v) is 3.57. The minimum atomic E-state index is -0.464. The fraction of sp³-hybridized carbons (Fsp3) is 0.167. The molecular formula is C18H19NO3. The van der Waals surface area contributed by atoms with E-state index in [1.165, 1.54) is 7.11 Å². The molecule has 0 saturated heterocycles. The van der Waals surface area contributed by atoms with Crippen LogP contribution in [0.25, 0.3) is 12.2 Å². The highest BCUT2D eigenvalue weighted by Crippen LogP contribution is 2.27. The van der Waals surface area contributed by atoms with Crippen molar-refractivity contribution in [1.29, 1.82) is 0 Å². The van der Waals surface area contributed by atoms with E-state index in [1.807, 2.05) is 30.3 Å². The monoisotopic (exact) mass is 297 g/mol. The maximum atomic E-state index is 12.2. The Morgan fingerprint density at radius 1 is 1.23 bits per heavy atom. The summed E-state index contributed by atoms with van der Waals surface area (Å²) >= 11 is 0. The van der Waals surface area contributed by atoms with Crippen molar-refractivity contribution in [3.05, 3.63) is 71.6 Å². The Bertz CT molecular complexity index is 699. The summed E-state index contributed by atoms with van der Waals surface area (Å²) in [6.45, 7) is 7.78. The lowest BCUT2D eigenvalue weighted by Gasteiger charge is -2.12. The average molecular weight is 297 g/mol. The molecule has 1 aromatic carbocycles. The lowest BCUT2D eigenvalue weighted by molar-refractivity contribution is 0.0588. The van der Waals surface area contributed by atoms with Gasteiger partial charge in [0, 0.05) is 17.7 Å². The first-order valence-electron chi connectivity index (χ1n) is 6.91. The molecule has 0 atom stereocenters. The summed E-state index contributed by atoms with van der Waals surface area (Å²) in [5.74, 6) is -0.464. The van der Waals surface area contributed by atoms with Gasteiger partial charge in [0.2, 0.25) is 0 Å². The zero-order chi connectivity index (χ0) is 16.1. The maximum Gasteiger partial charge on any atom is 0.355 e. The van der Waals surface area contributed by atoms with Gasteiger partial charge in [0.15, 0.2) is 0 Å². The SMILES string of the molecule is C=Cc1c(C=C)c(C(=O)OC)n(Cc2ccccc2)c1CO. The Kier molecular flexibility index (Phi) is 4.96. The molecule has 0 saturated carbocycles. The van der Waals surface area contributed by atoms with E-state index in [2.05, 4.69) is 13.2 Å². The number of ether oxygens (including phenoxy) is 1. The highest BCUT2D eigenvalue weighted by atomic mass is 16.5. The van der Waals surface area contributed by atoms with Crippen molar-refractivity contribution < 1.29 is 14.6 Å². The number of nitrogens with zero attached hydrogens (tertiary/aromatic N) is 1. The summed E-state index contributed by atoms with van der Waals surface area (Å²) in [6, 6.07) is 9.71. The summed E-state index contributed by atoms with van der Waals surface area (Å²) in [5.41, 5.74) is 3.34. The molecule has 0 aliphatic rings. The van der Waals surface area contributed by atoms with Gasteiger partial charge in [-0.1, -0.05) is 55.6 Å². The van der Waals surface area contributed by atoms with Gasteiger partial charge >= 0.3 is 5.97 Å². The van der Waals surface area contributed by atoms with Crippen LogP contribution in [-0.2, 0) is 17.9 Å². The molecule has 0 bridgehead atoms. The summed E-state index contributed by atoms with van der Waals surface area (Å²) < 4.78 is 6.65. The molecule has 2 aromatic rings. The molecule has 0 aliphatic carbocycles. The smallest absolute Gasteiger partial charge is 0.355 e. The van der Waals surface area contributed by atoms with Crippen LogP contribution >= 0.6 is 0 Å². The van der Waals surface area contributed by atoms with E-state index in [1.54, 1.807) is 16.7 Å². The van der Waals surface area contributed by atoms with Gasteiger partial charge in [0.1, 0.15) is 5.69 Å². The average Bonchev–Trinajstić information content (AvgIpc) is 2.87. The Hall–Kier alpha value is -2.59. The summed E-state index contributed by atoms with van der Waals surface area (Å²) in [5, 5.41) is 9.74. The molecular weight excluding hydrogens is 278 g/mol. The number of hydrogen-bond donors (Lipinski definition) is 1. The minimum Gasteiger partial charge on any atom is -0.464 e. The van der Waals surface area contributed by atoms with E-state index >= 15 is 0 Å². The summed E-state index contributed by atoms with van der Waals surface area (Å²) in [6.07, 6.45) is 3.21. The molecule has 22 heavy (non-hydrogen) atoms. The highest BCUT2D eigenvalue weighted by molar-refractivity contribution is 5.94. The number of aromatic nitrogens is 1. The van der Waals surface area contributed by atoms with Crippen LogP contribution in [0.3, 0.4) is 0 Å². The fourth-order valence-corrected chi connectivity index (χ4v) is 2.57. The molecule has 0 amide bonds. The second-order valence-corrected chi connectivity index (χ2v) is 4.75. The van der Waals surface area contributed by atoms with E-state index in [4.69, 9.17) is 4.74 Å². The van der Waals surface area contributed by atoms with E-state index in [9.17, 15) is 9.90 Å². The topological polar surface area (TPSA) is 51.5 Å². The predicted molar refractivity (Wildman–Crippen MR) is 87.4 cm³/mol. The van der Waals surface area contributed by atoms with Gasteiger partial charge < -0.3 is 14.4 Å². The molecule has 0 fully saturated rings. The van der Waals surface area contributed by atoms with Crippen LogP contribution in [0.1, 0.15) is 32.9 Å². The number of aliphatic hydroxyl groups excluding tert-OH is 1. The molecule has 4 nitrogen and oxygen atoms in total. The zero-order valence-corrected chi connectivity index (χ0v) is 12.6. The molecule has 0 unspecified atom stereocenters. The van der Waals surface area contributed by atoms with E-state index in [0.717, 1.165) is 5.56 Å². The van der Waals surface area contributed by atoms with Gasteiger partial charge in [-0.25, -0.2) is 4.79 Å². The molecule has 0 aliphatic heterocycles. The quantitative estimate of drug-likeness (QED) is 0.834. The lowest BCUT2D eigenvalue weighted by atomic mass is 10.1. The van der Waals surface area contributed by atoms with Gasteiger partial charge in [-0.05, 0) is 5.56 Å². The molecule has 0 radical (unpaired) electrons. The summed E-state index contributed by atoms with van der Waals surface area (Å²) in [4.78, 5) is 12.2. The third-order valence-electron chi connectivity index (χ3n) is 3.57. The number of benzene rings is 1. The van der Waals surface area contributed by atoms with Crippen LogP contribution in [0, 0.1) is 0 Å². The molecule has 4 heteroatoms. The highest BCUT2D eigenvalue weighted by Gasteiger charge is 2.24. The third kappa shape index (κ3) is 2.73. The number of methoxy groups -OCH3 is 1. The molecule has 114 valence electrons. The standard InChI is InChI=1S/C18H19NO3/c1-4-14-15(5-2)17(18(21)22-3)19(16(14)12-20)11-13-9-7-6-8-10-13/h4-10,20H,1-2,11-12H2,3H3. The van der Waals surface area contributed by atoms with Crippen LogP contribution in [0.2, 0.25) is 0 Å². The second kappa shape index (κ2) is 6.91. The van der Waals surface area contributed by atoms with Crippen LogP contribution in [0.4, 0.5) is 0 Å². The van der Waals surface area contributed by atoms with E-state index < -0.39 is 5.97 Å². The van der Waals surface area contributed by atoms with Crippen molar-refractivity contribution in [1.82, 2.24) is 4.57 Å². The van der Waals surface area contributed by atoms with Crippen LogP contribution in [0.5, 0.6) is 0 Å².